The van der Waals surface area contributed by atoms with Crippen molar-refractivity contribution in [2.45, 2.75) is 0 Å². The predicted octanol–water partition coefficient (Wildman–Crippen LogP) is 3.19. The van der Waals surface area contributed by atoms with Crippen LogP contribution in [-0.4, -0.2) is 14.4 Å². The number of hydrogen-bond acceptors (Lipinski definition) is 2. The molecule has 3 nitrogen and oxygen atoms in total. The van der Waals surface area contributed by atoms with Crippen molar-refractivity contribution in [3.8, 4) is 11.3 Å². The first kappa shape index (κ1) is 10.2. The molecular weight excluding hydrogens is 241 g/mol. The molecule has 0 radical (unpaired) electrons. The Kier molecular flexibility index (Phi) is 2.30. The van der Waals surface area contributed by atoms with Crippen LogP contribution in [0.1, 0.15) is 0 Å². The van der Waals surface area contributed by atoms with Gasteiger partial charge in [-0.1, -0.05) is 11.6 Å². The molecule has 1 aromatic carbocycles. The average Bonchev–Trinajstić information content (AvgIpc) is 2.76. The van der Waals surface area contributed by atoms with Gasteiger partial charge in [-0.05, 0) is 18.2 Å². The van der Waals surface area contributed by atoms with Crippen LogP contribution in [0.2, 0.25) is 5.02 Å². The van der Waals surface area contributed by atoms with E-state index in [0.29, 0.717) is 0 Å². The molecule has 0 unspecified atom stereocenters. The Morgan fingerprint density at radius 1 is 1.29 bits per heavy atom. The summed E-state index contributed by atoms with van der Waals surface area (Å²) in [5, 5.41) is 0.0951. The fourth-order valence-corrected chi connectivity index (χ4v) is 1.82. The Hall–Kier alpha value is -1.94. The van der Waals surface area contributed by atoms with Crippen LogP contribution in [0.25, 0.3) is 16.9 Å². The molecule has 0 atom stereocenters. The van der Waals surface area contributed by atoms with Gasteiger partial charge in [0.2, 0.25) is 0 Å². The van der Waals surface area contributed by atoms with E-state index < -0.39 is 5.82 Å². The SMILES string of the molecule is Fc1ccc(-c2cn3ccncc3n2)cc1Cl. The number of halogens is 2. The molecule has 0 bridgehead atoms. The number of benzene rings is 1. The lowest BCUT2D eigenvalue weighted by molar-refractivity contribution is 0.628. The smallest absolute Gasteiger partial charge is 0.155 e. The minimum Gasteiger partial charge on any atom is -0.304 e. The zero-order valence-electron chi connectivity index (χ0n) is 8.64. The second-order valence-corrected chi connectivity index (χ2v) is 4.00. The average molecular weight is 248 g/mol. The fourth-order valence-electron chi connectivity index (χ4n) is 1.64. The van der Waals surface area contributed by atoms with Gasteiger partial charge in [0, 0.05) is 24.2 Å². The van der Waals surface area contributed by atoms with Gasteiger partial charge in [-0.25, -0.2) is 9.37 Å². The fraction of sp³-hybridized carbons (Fsp3) is 0. The largest absolute Gasteiger partial charge is 0.304 e. The van der Waals surface area contributed by atoms with Gasteiger partial charge in [-0.3, -0.25) is 4.98 Å². The molecule has 0 saturated heterocycles. The predicted molar refractivity (Wildman–Crippen MR) is 63.4 cm³/mol. The molecule has 3 aromatic rings. The van der Waals surface area contributed by atoms with Crippen molar-refractivity contribution in [3.63, 3.8) is 0 Å². The number of aromatic nitrogens is 3. The van der Waals surface area contributed by atoms with Crippen LogP contribution in [0.5, 0.6) is 0 Å². The quantitative estimate of drug-likeness (QED) is 0.661. The van der Waals surface area contributed by atoms with Crippen molar-refractivity contribution in [1.82, 2.24) is 14.4 Å². The summed E-state index contributed by atoms with van der Waals surface area (Å²) < 4.78 is 14.9. The van der Waals surface area contributed by atoms with E-state index in [-0.39, 0.29) is 5.02 Å². The third-order valence-corrected chi connectivity index (χ3v) is 2.77. The molecular formula is C12H7ClFN3. The highest BCUT2D eigenvalue weighted by Crippen LogP contribution is 2.24. The lowest BCUT2D eigenvalue weighted by Crippen LogP contribution is -1.81. The summed E-state index contributed by atoms with van der Waals surface area (Å²) in [6.45, 7) is 0. The molecule has 0 spiro atoms. The molecule has 17 heavy (non-hydrogen) atoms. The van der Waals surface area contributed by atoms with Gasteiger partial charge in [0.15, 0.2) is 5.65 Å². The summed E-state index contributed by atoms with van der Waals surface area (Å²) in [4.78, 5) is 8.36. The highest BCUT2D eigenvalue weighted by atomic mass is 35.5. The molecule has 0 N–H and O–H groups in total. The molecule has 5 heteroatoms. The minimum absolute atomic E-state index is 0.0951. The zero-order valence-corrected chi connectivity index (χ0v) is 9.39. The Morgan fingerprint density at radius 2 is 2.18 bits per heavy atom. The van der Waals surface area contributed by atoms with E-state index in [0.717, 1.165) is 16.9 Å². The lowest BCUT2D eigenvalue weighted by atomic mass is 10.2. The number of nitrogens with zero attached hydrogens (tertiary/aromatic N) is 3. The highest BCUT2D eigenvalue weighted by molar-refractivity contribution is 6.31. The van der Waals surface area contributed by atoms with Crippen LogP contribution in [0.3, 0.4) is 0 Å². The Labute approximate surface area is 102 Å². The lowest BCUT2D eigenvalue weighted by Gasteiger charge is -1.97. The summed E-state index contributed by atoms with van der Waals surface area (Å²) in [5.74, 6) is -0.430. The number of hydrogen-bond donors (Lipinski definition) is 0. The summed E-state index contributed by atoms with van der Waals surface area (Å²) in [6, 6.07) is 4.54. The van der Waals surface area contributed by atoms with Crippen molar-refractivity contribution in [2.75, 3.05) is 0 Å². The van der Waals surface area contributed by atoms with Crippen LogP contribution < -0.4 is 0 Å². The van der Waals surface area contributed by atoms with Gasteiger partial charge in [-0.2, -0.15) is 0 Å². The molecule has 0 aliphatic carbocycles. The second kappa shape index (κ2) is 3.82. The van der Waals surface area contributed by atoms with Crippen molar-refractivity contribution in [1.29, 1.82) is 0 Å². The molecule has 2 aromatic heterocycles. The van der Waals surface area contributed by atoms with Crippen LogP contribution >= 0.6 is 11.6 Å². The van der Waals surface area contributed by atoms with Crippen LogP contribution in [0, 0.1) is 5.82 Å². The van der Waals surface area contributed by atoms with Gasteiger partial charge in [0.1, 0.15) is 5.82 Å². The monoisotopic (exact) mass is 247 g/mol. The molecule has 0 aliphatic rings. The Balaban J connectivity index is 2.17. The Bertz CT molecular complexity index is 660. The number of fused-ring (bicyclic) bond motifs is 1. The van der Waals surface area contributed by atoms with E-state index in [4.69, 9.17) is 11.6 Å². The minimum atomic E-state index is -0.430. The summed E-state index contributed by atoms with van der Waals surface area (Å²) >= 11 is 5.74. The van der Waals surface area contributed by atoms with E-state index in [1.54, 1.807) is 30.7 Å². The van der Waals surface area contributed by atoms with Crippen LogP contribution in [-0.2, 0) is 0 Å². The molecule has 2 heterocycles. The van der Waals surface area contributed by atoms with Gasteiger partial charge < -0.3 is 4.40 Å². The second-order valence-electron chi connectivity index (χ2n) is 3.60. The van der Waals surface area contributed by atoms with E-state index in [9.17, 15) is 4.39 Å². The summed E-state index contributed by atoms with van der Waals surface area (Å²) in [5.41, 5.74) is 2.25. The first-order chi connectivity index (χ1) is 8.24. The van der Waals surface area contributed by atoms with Crippen molar-refractivity contribution in [2.24, 2.45) is 0 Å². The van der Waals surface area contributed by atoms with Crippen LogP contribution in [0.15, 0.2) is 43.0 Å². The van der Waals surface area contributed by atoms with Crippen molar-refractivity contribution >= 4 is 17.2 Å². The topological polar surface area (TPSA) is 30.2 Å². The third kappa shape index (κ3) is 1.76. The molecule has 84 valence electrons. The van der Waals surface area contributed by atoms with E-state index in [2.05, 4.69) is 9.97 Å². The van der Waals surface area contributed by atoms with Gasteiger partial charge >= 0.3 is 0 Å². The standard InChI is InChI=1S/C12H7ClFN3/c13-9-5-8(1-2-10(9)14)11-7-17-4-3-15-6-12(17)16-11/h1-7H. The molecule has 0 amide bonds. The van der Waals surface area contributed by atoms with E-state index in [1.165, 1.54) is 6.07 Å². The van der Waals surface area contributed by atoms with Crippen molar-refractivity contribution in [3.05, 3.63) is 53.8 Å². The van der Waals surface area contributed by atoms with Crippen LogP contribution in [0.4, 0.5) is 4.39 Å². The van der Waals surface area contributed by atoms with Gasteiger partial charge in [0.05, 0.1) is 16.9 Å². The maximum Gasteiger partial charge on any atom is 0.155 e. The van der Waals surface area contributed by atoms with Gasteiger partial charge in [-0.15, -0.1) is 0 Å². The highest BCUT2D eigenvalue weighted by Gasteiger charge is 2.06. The maximum absolute atomic E-state index is 13.1. The zero-order chi connectivity index (χ0) is 11.8. The van der Waals surface area contributed by atoms with E-state index >= 15 is 0 Å². The number of rotatable bonds is 1. The first-order valence-electron chi connectivity index (χ1n) is 4.98. The Morgan fingerprint density at radius 3 is 2.94 bits per heavy atom. The number of imidazole rings is 1. The summed E-state index contributed by atoms with van der Waals surface area (Å²) in [6.07, 6.45) is 6.99. The first-order valence-corrected chi connectivity index (χ1v) is 5.36. The maximum atomic E-state index is 13.1. The normalized spacial score (nSPS) is 10.9. The van der Waals surface area contributed by atoms with E-state index in [1.807, 2.05) is 10.6 Å². The van der Waals surface area contributed by atoms with Crippen molar-refractivity contribution < 1.29 is 4.39 Å². The molecule has 0 aliphatic heterocycles. The molecule has 3 rings (SSSR count). The third-order valence-electron chi connectivity index (χ3n) is 2.48. The summed E-state index contributed by atoms with van der Waals surface area (Å²) in [7, 11) is 0. The van der Waals surface area contributed by atoms with Gasteiger partial charge in [0.25, 0.3) is 0 Å². The molecule has 0 fully saturated rings. The molecule has 0 saturated carbocycles.